The molecule has 0 aliphatic carbocycles. The number of carbonyl (C=O) groups is 2. The molecule has 0 rings (SSSR count). The van der Waals surface area contributed by atoms with Crippen LogP contribution in [-0.2, 0) is 38.7 Å². The fraction of sp³-hybridized carbons (Fsp3) is 0.895. The number of hydrogen-bond donors (Lipinski definition) is 0. The molecule has 0 atom stereocenters. The summed E-state index contributed by atoms with van der Waals surface area (Å²) in [6.07, 6.45) is 0.692. The van der Waals surface area contributed by atoms with Crippen LogP contribution in [0, 0.1) is 10.8 Å². The van der Waals surface area contributed by atoms with Crippen LogP contribution in [0.15, 0.2) is 0 Å². The first-order valence-electron chi connectivity index (χ1n) is 9.83. The van der Waals surface area contributed by atoms with Gasteiger partial charge in [-0.15, -0.1) is 0 Å². The molecule has 0 radical (unpaired) electrons. The van der Waals surface area contributed by atoms with Gasteiger partial charge in [0.05, 0.1) is 40.8 Å². The SMILES string of the molecule is CCC(C)(C)C(=O)OCCOCOCCSCC(C)(C)C(=O)OCCCS(=O)(=O)[O-].[K+]. The van der Waals surface area contributed by atoms with Gasteiger partial charge in [-0.3, -0.25) is 9.59 Å². The number of ether oxygens (including phenoxy) is 4. The third-order valence-corrected chi connectivity index (χ3v) is 6.39. The van der Waals surface area contributed by atoms with Gasteiger partial charge in [-0.2, -0.15) is 11.8 Å². The molecule has 0 amide bonds. The summed E-state index contributed by atoms with van der Waals surface area (Å²) in [4.78, 5) is 23.8. The Hall–Kier alpha value is 0.756. The summed E-state index contributed by atoms with van der Waals surface area (Å²) in [5, 5.41) is 0. The van der Waals surface area contributed by atoms with Crippen LogP contribution in [0.2, 0.25) is 0 Å². The Balaban J connectivity index is 0. The van der Waals surface area contributed by atoms with Gasteiger partial charge in [-0.05, 0) is 40.5 Å². The monoisotopic (exact) mass is 510 g/mol. The molecule has 0 bridgehead atoms. The maximum absolute atomic E-state index is 12.0. The van der Waals surface area contributed by atoms with E-state index < -0.39 is 32.7 Å². The van der Waals surface area contributed by atoms with E-state index in [1.807, 2.05) is 20.8 Å². The number of carbonyl (C=O) groups excluding carboxylic acids is 2. The molecule has 0 aromatic heterocycles. The molecule has 0 aromatic rings. The summed E-state index contributed by atoms with van der Waals surface area (Å²) in [6.45, 7) is 9.92. The van der Waals surface area contributed by atoms with E-state index in [4.69, 9.17) is 18.9 Å². The molecule has 0 saturated carbocycles. The van der Waals surface area contributed by atoms with Gasteiger partial charge in [-0.25, -0.2) is 8.42 Å². The molecular formula is C19H35KO9S2. The summed E-state index contributed by atoms with van der Waals surface area (Å²) in [5.41, 5.74) is -1.24. The first-order chi connectivity index (χ1) is 13.8. The standard InChI is InChI=1S/C19H36O9S2.K/c1-6-18(2,3)16(20)28-10-9-25-15-26-11-12-29-14-19(4,5)17(21)27-8-7-13-30(22,23)24;/h6-15H2,1-5H3,(H,22,23,24);/q;+1/p-1. The Morgan fingerprint density at radius 1 is 0.903 bits per heavy atom. The van der Waals surface area contributed by atoms with Gasteiger partial charge < -0.3 is 23.5 Å². The van der Waals surface area contributed by atoms with Crippen molar-refractivity contribution in [1.29, 1.82) is 0 Å². The summed E-state index contributed by atoms with van der Waals surface area (Å²) in [5.74, 6) is -0.0906. The summed E-state index contributed by atoms with van der Waals surface area (Å²) < 4.78 is 52.3. The van der Waals surface area contributed by atoms with Gasteiger partial charge in [0, 0.05) is 17.3 Å². The summed E-state index contributed by atoms with van der Waals surface area (Å²) in [7, 11) is -4.29. The van der Waals surface area contributed by atoms with Crippen molar-refractivity contribution >= 4 is 33.8 Å². The van der Waals surface area contributed by atoms with Crippen molar-refractivity contribution in [3.05, 3.63) is 0 Å². The van der Waals surface area contributed by atoms with Gasteiger partial charge in [0.1, 0.15) is 13.4 Å². The average Bonchev–Trinajstić information content (AvgIpc) is 2.65. The normalized spacial score (nSPS) is 12.2. The van der Waals surface area contributed by atoms with Crippen LogP contribution in [0.4, 0.5) is 0 Å². The molecule has 0 N–H and O–H groups in total. The Morgan fingerprint density at radius 3 is 2.03 bits per heavy atom. The minimum absolute atomic E-state index is 0. The molecule has 0 spiro atoms. The van der Waals surface area contributed by atoms with E-state index in [0.717, 1.165) is 0 Å². The minimum atomic E-state index is -4.29. The van der Waals surface area contributed by atoms with Crippen LogP contribution in [0.25, 0.3) is 0 Å². The topological polar surface area (TPSA) is 128 Å². The van der Waals surface area contributed by atoms with Crippen molar-refractivity contribution in [2.75, 3.05) is 50.5 Å². The average molecular weight is 511 g/mol. The van der Waals surface area contributed by atoms with Crippen LogP contribution < -0.4 is 51.4 Å². The van der Waals surface area contributed by atoms with Gasteiger partial charge in [0.2, 0.25) is 0 Å². The molecule has 178 valence electrons. The van der Waals surface area contributed by atoms with Crippen molar-refractivity contribution in [2.24, 2.45) is 10.8 Å². The third kappa shape index (κ3) is 17.8. The zero-order valence-corrected chi connectivity index (χ0v) is 24.3. The van der Waals surface area contributed by atoms with E-state index in [0.29, 0.717) is 24.5 Å². The Morgan fingerprint density at radius 2 is 1.45 bits per heavy atom. The predicted octanol–water partition coefficient (Wildman–Crippen LogP) is -0.802. The van der Waals surface area contributed by atoms with Crippen LogP contribution in [-0.4, -0.2) is 75.4 Å². The maximum Gasteiger partial charge on any atom is 1.00 e. The largest absolute Gasteiger partial charge is 1.00 e. The molecule has 0 unspecified atom stereocenters. The van der Waals surface area contributed by atoms with E-state index in [1.165, 1.54) is 11.8 Å². The van der Waals surface area contributed by atoms with Crippen LogP contribution in [0.5, 0.6) is 0 Å². The molecular weight excluding hydrogens is 475 g/mol. The Labute approximate surface area is 233 Å². The summed E-state index contributed by atoms with van der Waals surface area (Å²) in [6, 6.07) is 0. The maximum atomic E-state index is 12.0. The molecule has 0 aromatic carbocycles. The fourth-order valence-corrected chi connectivity index (χ4v) is 3.29. The molecule has 0 heterocycles. The van der Waals surface area contributed by atoms with Crippen molar-refractivity contribution < 1.29 is 92.9 Å². The van der Waals surface area contributed by atoms with Gasteiger partial charge in [0.15, 0.2) is 0 Å². The smallest absolute Gasteiger partial charge is 0.748 e. The number of thioether (sulfide) groups is 1. The number of hydrogen-bond acceptors (Lipinski definition) is 10. The minimum Gasteiger partial charge on any atom is -0.748 e. The molecule has 0 saturated heterocycles. The fourth-order valence-electron chi connectivity index (χ4n) is 1.81. The molecule has 12 heteroatoms. The summed E-state index contributed by atoms with van der Waals surface area (Å²) >= 11 is 1.51. The number of rotatable bonds is 17. The van der Waals surface area contributed by atoms with E-state index >= 15 is 0 Å². The third-order valence-electron chi connectivity index (χ3n) is 4.22. The van der Waals surface area contributed by atoms with E-state index in [1.54, 1.807) is 13.8 Å². The molecule has 0 aliphatic rings. The van der Waals surface area contributed by atoms with Crippen LogP contribution in [0.3, 0.4) is 0 Å². The quantitative estimate of drug-likeness (QED) is 0.0806. The zero-order valence-electron chi connectivity index (χ0n) is 19.6. The number of esters is 2. The predicted molar refractivity (Wildman–Crippen MR) is 113 cm³/mol. The van der Waals surface area contributed by atoms with Gasteiger partial charge in [0.25, 0.3) is 0 Å². The zero-order chi connectivity index (χ0) is 23.3. The van der Waals surface area contributed by atoms with Gasteiger partial charge in [-0.1, -0.05) is 6.92 Å². The van der Waals surface area contributed by atoms with E-state index in [-0.39, 0.29) is 90.4 Å². The van der Waals surface area contributed by atoms with Crippen molar-refractivity contribution in [1.82, 2.24) is 0 Å². The van der Waals surface area contributed by atoms with Crippen LogP contribution in [0.1, 0.15) is 47.5 Å². The molecule has 0 fully saturated rings. The molecule has 9 nitrogen and oxygen atoms in total. The first kappa shape index (κ1) is 33.9. The van der Waals surface area contributed by atoms with Crippen molar-refractivity contribution in [3.8, 4) is 0 Å². The van der Waals surface area contributed by atoms with Gasteiger partial charge >= 0.3 is 63.3 Å². The molecule has 0 aliphatic heterocycles. The molecule has 31 heavy (non-hydrogen) atoms. The Bertz CT molecular complexity index is 622. The van der Waals surface area contributed by atoms with E-state index in [2.05, 4.69) is 0 Å². The first-order valence-corrected chi connectivity index (χ1v) is 12.6. The second-order valence-electron chi connectivity index (χ2n) is 8.00. The second kappa shape index (κ2) is 17.2. The van der Waals surface area contributed by atoms with Crippen LogP contribution >= 0.6 is 11.8 Å². The second-order valence-corrected chi connectivity index (χ2v) is 10.6. The van der Waals surface area contributed by atoms with Crippen molar-refractivity contribution in [2.45, 2.75) is 47.5 Å². The Kier molecular flexibility index (Phi) is 18.9. The van der Waals surface area contributed by atoms with Crippen molar-refractivity contribution in [3.63, 3.8) is 0 Å². The van der Waals surface area contributed by atoms with E-state index in [9.17, 15) is 22.6 Å².